The van der Waals surface area contributed by atoms with E-state index in [0.717, 1.165) is 25.8 Å². The molecule has 0 bridgehead atoms. The molecule has 1 saturated heterocycles. The van der Waals surface area contributed by atoms with Gasteiger partial charge in [-0.05, 0) is 37.4 Å². The molecule has 8 heteroatoms. The van der Waals surface area contributed by atoms with Crippen molar-refractivity contribution < 1.29 is 13.9 Å². The molecular weight excluding hydrogens is 395 g/mol. The number of ether oxygens (including phenoxy) is 1. The molecule has 0 saturated carbocycles. The van der Waals surface area contributed by atoms with Gasteiger partial charge in [-0.15, -0.1) is 12.4 Å². The lowest BCUT2D eigenvalue weighted by molar-refractivity contribution is -0.122. The van der Waals surface area contributed by atoms with Crippen molar-refractivity contribution in [2.24, 2.45) is 0 Å². The van der Waals surface area contributed by atoms with Crippen LogP contribution in [-0.2, 0) is 17.8 Å². The van der Waals surface area contributed by atoms with Crippen molar-refractivity contribution in [1.29, 1.82) is 0 Å². The monoisotopic (exact) mass is 422 g/mol. The molecular formula is C21H28ClFN4O2. The first-order valence-electron chi connectivity index (χ1n) is 9.58. The molecule has 1 fully saturated rings. The molecule has 2 aromatic rings. The zero-order chi connectivity index (χ0) is 19.9. The quantitative estimate of drug-likeness (QED) is 0.684. The van der Waals surface area contributed by atoms with Crippen LogP contribution in [0, 0.1) is 5.82 Å². The average Bonchev–Trinajstić information content (AvgIpc) is 3.26. The van der Waals surface area contributed by atoms with Crippen molar-refractivity contribution in [1.82, 2.24) is 15.6 Å². The van der Waals surface area contributed by atoms with Gasteiger partial charge in [0.1, 0.15) is 0 Å². The molecule has 6 nitrogen and oxygen atoms in total. The van der Waals surface area contributed by atoms with Gasteiger partial charge >= 0.3 is 0 Å². The lowest BCUT2D eigenvalue weighted by Gasteiger charge is -2.21. The second-order valence-electron chi connectivity index (χ2n) is 6.99. The number of hydrogen-bond acceptors (Lipinski definition) is 5. The highest BCUT2D eigenvalue weighted by molar-refractivity contribution is 5.85. The molecule has 3 rings (SSSR count). The number of pyridine rings is 1. The molecule has 29 heavy (non-hydrogen) atoms. The van der Waals surface area contributed by atoms with Crippen LogP contribution in [0.1, 0.15) is 24.0 Å². The largest absolute Gasteiger partial charge is 0.481 e. The van der Waals surface area contributed by atoms with Gasteiger partial charge in [-0.25, -0.2) is 4.39 Å². The van der Waals surface area contributed by atoms with E-state index in [-0.39, 0.29) is 36.7 Å². The van der Waals surface area contributed by atoms with E-state index < -0.39 is 5.82 Å². The first-order valence-corrected chi connectivity index (χ1v) is 9.58. The van der Waals surface area contributed by atoms with Crippen molar-refractivity contribution in [3.8, 4) is 5.88 Å². The van der Waals surface area contributed by atoms with Gasteiger partial charge in [0.05, 0.1) is 13.2 Å². The zero-order valence-corrected chi connectivity index (χ0v) is 17.6. The van der Waals surface area contributed by atoms with Crippen LogP contribution in [0.4, 0.5) is 10.2 Å². The number of nitrogens with one attached hydrogen (secondary N) is 2. The summed E-state index contributed by atoms with van der Waals surface area (Å²) in [4.78, 5) is 18.3. The number of likely N-dealkylation sites (N-methyl/N-ethyl adjacent to an activating group) is 1. The third-order valence-corrected chi connectivity index (χ3v) is 4.96. The number of carbonyl (C=O) groups is 1. The van der Waals surface area contributed by atoms with Crippen LogP contribution in [0.15, 0.2) is 36.4 Å². The summed E-state index contributed by atoms with van der Waals surface area (Å²) in [5.41, 5.74) is 1.70. The number of aromatic nitrogens is 1. The summed E-state index contributed by atoms with van der Waals surface area (Å²) in [5, 5.41) is 5.98. The van der Waals surface area contributed by atoms with Crippen LogP contribution in [0.25, 0.3) is 0 Å². The Morgan fingerprint density at radius 1 is 1.38 bits per heavy atom. The summed E-state index contributed by atoms with van der Waals surface area (Å²) < 4.78 is 20.0. The van der Waals surface area contributed by atoms with Crippen LogP contribution in [0.3, 0.4) is 0 Å². The van der Waals surface area contributed by atoms with Gasteiger partial charge < -0.3 is 20.3 Å². The van der Waals surface area contributed by atoms with E-state index in [9.17, 15) is 9.18 Å². The van der Waals surface area contributed by atoms with E-state index in [1.165, 1.54) is 18.7 Å². The van der Waals surface area contributed by atoms with Crippen LogP contribution in [-0.4, -0.2) is 44.2 Å². The summed E-state index contributed by atoms with van der Waals surface area (Å²) in [7, 11) is 3.30. The number of nitrogens with zero attached hydrogens (tertiary/aromatic N) is 2. The number of halogens is 2. The highest BCUT2D eigenvalue weighted by Crippen LogP contribution is 2.24. The molecule has 0 spiro atoms. The van der Waals surface area contributed by atoms with Gasteiger partial charge in [-0.2, -0.15) is 4.98 Å². The van der Waals surface area contributed by atoms with Crippen LogP contribution in [0.5, 0.6) is 5.88 Å². The van der Waals surface area contributed by atoms with Crippen molar-refractivity contribution in [2.45, 2.75) is 31.8 Å². The summed E-state index contributed by atoms with van der Waals surface area (Å²) in [6.45, 7) is 1.65. The molecule has 0 radical (unpaired) electrons. The number of carbonyl (C=O) groups excluding carboxylic acids is 1. The lowest BCUT2D eigenvalue weighted by atomic mass is 10.1. The van der Waals surface area contributed by atoms with Crippen molar-refractivity contribution in [3.63, 3.8) is 0 Å². The molecule has 1 aromatic carbocycles. The number of benzene rings is 1. The van der Waals surface area contributed by atoms with Gasteiger partial charge in [0.25, 0.3) is 0 Å². The van der Waals surface area contributed by atoms with Gasteiger partial charge in [0.2, 0.25) is 11.8 Å². The van der Waals surface area contributed by atoms with Crippen LogP contribution < -0.4 is 20.3 Å². The molecule has 2 heterocycles. The van der Waals surface area contributed by atoms with E-state index in [4.69, 9.17) is 4.74 Å². The molecule has 0 aliphatic carbocycles. The Morgan fingerprint density at radius 2 is 2.14 bits per heavy atom. The predicted molar refractivity (Wildman–Crippen MR) is 114 cm³/mol. The maximum absolute atomic E-state index is 14.7. The fourth-order valence-corrected chi connectivity index (χ4v) is 3.33. The maximum Gasteiger partial charge on any atom is 0.237 e. The zero-order valence-electron chi connectivity index (χ0n) is 16.8. The highest BCUT2D eigenvalue weighted by Gasteiger charge is 2.22. The first kappa shape index (κ1) is 22.9. The normalized spacial score (nSPS) is 15.5. The molecule has 1 atom stereocenters. The Labute approximate surface area is 177 Å². The number of hydrogen-bond donors (Lipinski definition) is 2. The molecule has 1 amide bonds. The van der Waals surface area contributed by atoms with Crippen LogP contribution in [0.2, 0.25) is 0 Å². The van der Waals surface area contributed by atoms with Gasteiger partial charge in [0.15, 0.2) is 11.6 Å². The second-order valence-corrected chi connectivity index (χ2v) is 6.99. The summed E-state index contributed by atoms with van der Waals surface area (Å²) >= 11 is 0. The highest BCUT2D eigenvalue weighted by atomic mass is 35.5. The van der Waals surface area contributed by atoms with Crippen molar-refractivity contribution in [3.05, 3.63) is 53.3 Å². The molecule has 1 unspecified atom stereocenters. The minimum Gasteiger partial charge on any atom is -0.481 e. The molecule has 1 aliphatic heterocycles. The van der Waals surface area contributed by atoms with Crippen molar-refractivity contribution >= 4 is 24.1 Å². The standard InChI is InChI=1S/C21H27FN4O2.ClH/c1-26(12-10-15-7-4-3-5-8-15)19-17(22)13-16(21(25-19)28-2)14-24-20(27)18-9-6-11-23-18;/h3-5,7-8,13,18,23H,6,9-12,14H2,1-2H3,(H,24,27);1H. The van der Waals surface area contributed by atoms with Gasteiger partial charge in [-0.1, -0.05) is 30.3 Å². The fourth-order valence-electron chi connectivity index (χ4n) is 3.33. The van der Waals surface area contributed by atoms with Gasteiger partial charge in [0, 0.05) is 25.7 Å². The molecule has 2 N–H and O–H groups in total. The third kappa shape index (κ3) is 6.05. The van der Waals surface area contributed by atoms with E-state index >= 15 is 0 Å². The van der Waals surface area contributed by atoms with E-state index in [0.29, 0.717) is 18.0 Å². The van der Waals surface area contributed by atoms with Gasteiger partial charge in [-0.3, -0.25) is 4.79 Å². The fraction of sp³-hybridized carbons (Fsp3) is 0.429. The minimum absolute atomic E-state index is 0. The van der Waals surface area contributed by atoms with E-state index in [1.807, 2.05) is 30.3 Å². The Kier molecular flexibility index (Phi) is 8.67. The molecule has 1 aromatic heterocycles. The smallest absolute Gasteiger partial charge is 0.237 e. The third-order valence-electron chi connectivity index (χ3n) is 4.96. The van der Waals surface area contributed by atoms with E-state index in [2.05, 4.69) is 15.6 Å². The Morgan fingerprint density at radius 3 is 2.79 bits per heavy atom. The molecule has 158 valence electrons. The number of methoxy groups -OCH3 is 1. The number of rotatable bonds is 8. The number of anilines is 1. The van der Waals surface area contributed by atoms with Crippen LogP contribution >= 0.6 is 12.4 Å². The lowest BCUT2D eigenvalue weighted by Crippen LogP contribution is -2.40. The number of amides is 1. The molecule has 1 aliphatic rings. The Bertz CT molecular complexity index is 801. The average molecular weight is 423 g/mol. The summed E-state index contributed by atoms with van der Waals surface area (Å²) in [5.74, 6) is 0.0478. The maximum atomic E-state index is 14.7. The predicted octanol–water partition coefficient (Wildman–Crippen LogP) is 2.70. The SMILES string of the molecule is COc1nc(N(C)CCc2ccccc2)c(F)cc1CNC(=O)C1CCCN1.Cl. The summed E-state index contributed by atoms with van der Waals surface area (Å²) in [6.07, 6.45) is 2.59. The first-order chi connectivity index (χ1) is 13.6. The van der Waals surface area contributed by atoms with E-state index in [1.54, 1.807) is 11.9 Å². The summed E-state index contributed by atoms with van der Waals surface area (Å²) in [6, 6.07) is 11.3. The minimum atomic E-state index is -0.431. The topological polar surface area (TPSA) is 66.5 Å². The Hall–Kier alpha value is -2.38. The Balaban J connectivity index is 0.00000300. The van der Waals surface area contributed by atoms with Crippen molar-refractivity contribution in [2.75, 3.05) is 32.1 Å². The second kappa shape index (κ2) is 11.0.